The van der Waals surface area contributed by atoms with Crippen molar-refractivity contribution < 1.29 is 9.21 Å². The molecule has 0 saturated heterocycles. The number of benzene rings is 1. The highest BCUT2D eigenvalue weighted by Gasteiger charge is 2.31. The van der Waals surface area contributed by atoms with E-state index in [0.29, 0.717) is 5.89 Å². The maximum Gasteiger partial charge on any atom is 0.222 e. The van der Waals surface area contributed by atoms with E-state index in [4.69, 9.17) is 10.2 Å². The largest absolute Gasteiger partial charge is 0.439 e. The highest BCUT2D eigenvalue weighted by molar-refractivity contribution is 5.77. The van der Waals surface area contributed by atoms with Crippen LogP contribution in [0.4, 0.5) is 0 Å². The van der Waals surface area contributed by atoms with E-state index in [2.05, 4.69) is 10.3 Å². The van der Waals surface area contributed by atoms with Crippen molar-refractivity contribution in [2.24, 2.45) is 11.7 Å². The molecule has 21 heavy (non-hydrogen) atoms. The number of nitrogens with two attached hydrogens (primary N) is 1. The van der Waals surface area contributed by atoms with Crippen molar-refractivity contribution in [1.82, 2.24) is 10.3 Å². The van der Waals surface area contributed by atoms with E-state index >= 15 is 0 Å². The second kappa shape index (κ2) is 5.85. The summed E-state index contributed by atoms with van der Waals surface area (Å²) in [6, 6.07) is 7.78. The number of nitrogens with zero attached hydrogens (tertiary/aromatic N) is 1. The minimum Gasteiger partial charge on any atom is -0.439 e. The van der Waals surface area contributed by atoms with Gasteiger partial charge in [-0.15, -0.1) is 0 Å². The van der Waals surface area contributed by atoms with Crippen LogP contribution in [0, 0.1) is 5.92 Å². The first kappa shape index (κ1) is 14.1. The molecule has 1 fully saturated rings. The zero-order chi connectivity index (χ0) is 14.8. The molecule has 0 aliphatic heterocycles. The molecule has 1 aromatic heterocycles. The van der Waals surface area contributed by atoms with Gasteiger partial charge in [0.25, 0.3) is 0 Å². The third-order valence-corrected chi connectivity index (χ3v) is 4.28. The summed E-state index contributed by atoms with van der Waals surface area (Å²) in [5, 5.41) is 3.47. The van der Waals surface area contributed by atoms with Crippen LogP contribution in [0.15, 0.2) is 28.7 Å². The lowest BCUT2D eigenvalue weighted by Gasteiger charge is -2.31. The summed E-state index contributed by atoms with van der Waals surface area (Å²) in [5.41, 5.74) is 7.16. The fourth-order valence-corrected chi connectivity index (χ4v) is 3.14. The Morgan fingerprint density at radius 2 is 2.14 bits per heavy atom. The first-order chi connectivity index (χ1) is 10.1. The second-order valence-corrected chi connectivity index (χ2v) is 5.81. The third kappa shape index (κ3) is 2.93. The Morgan fingerprint density at radius 1 is 1.38 bits per heavy atom. The molecular formula is C16H21N3O2. The molecule has 3 rings (SSSR count). The molecule has 5 heteroatoms. The molecule has 1 saturated carbocycles. The summed E-state index contributed by atoms with van der Waals surface area (Å²) in [7, 11) is 0. The Morgan fingerprint density at radius 3 is 2.90 bits per heavy atom. The van der Waals surface area contributed by atoms with Crippen molar-refractivity contribution in [2.75, 3.05) is 0 Å². The maximum atomic E-state index is 11.6. The first-order valence-corrected chi connectivity index (χ1v) is 7.56. The minimum absolute atomic E-state index is 0.0395. The summed E-state index contributed by atoms with van der Waals surface area (Å²) in [4.78, 5) is 16.1. The van der Waals surface area contributed by atoms with Gasteiger partial charge in [0.2, 0.25) is 11.8 Å². The average Bonchev–Trinajstić information content (AvgIpc) is 2.91. The van der Waals surface area contributed by atoms with Gasteiger partial charge in [0, 0.05) is 6.04 Å². The monoisotopic (exact) mass is 287 g/mol. The fraction of sp³-hybridized carbons (Fsp3) is 0.500. The zero-order valence-electron chi connectivity index (χ0n) is 12.2. The van der Waals surface area contributed by atoms with Gasteiger partial charge in [0.1, 0.15) is 5.52 Å². The molecular weight excluding hydrogens is 266 g/mol. The Bertz CT molecular complexity index is 604. The summed E-state index contributed by atoms with van der Waals surface area (Å²) in [6.07, 6.45) is 4.04. The molecule has 1 aliphatic carbocycles. The molecule has 1 aliphatic rings. The lowest BCUT2D eigenvalue weighted by atomic mass is 9.83. The summed E-state index contributed by atoms with van der Waals surface area (Å²) >= 11 is 0. The molecule has 0 radical (unpaired) electrons. The molecule has 1 heterocycles. The van der Waals surface area contributed by atoms with Gasteiger partial charge in [0.15, 0.2) is 5.58 Å². The molecule has 112 valence electrons. The molecule has 0 bridgehead atoms. The maximum absolute atomic E-state index is 11.6. The van der Waals surface area contributed by atoms with Gasteiger partial charge in [-0.1, -0.05) is 25.0 Å². The number of primary amides is 1. The number of hydrogen-bond donors (Lipinski definition) is 2. The van der Waals surface area contributed by atoms with Gasteiger partial charge >= 0.3 is 0 Å². The quantitative estimate of drug-likeness (QED) is 0.905. The number of aromatic nitrogens is 1. The van der Waals surface area contributed by atoms with E-state index in [1.807, 2.05) is 31.2 Å². The normalized spacial score (nSPS) is 24.0. The van der Waals surface area contributed by atoms with Crippen LogP contribution in [0.2, 0.25) is 0 Å². The number of carbonyl (C=O) groups excluding carboxylic acids is 1. The van der Waals surface area contributed by atoms with Crippen molar-refractivity contribution in [1.29, 1.82) is 0 Å². The van der Waals surface area contributed by atoms with Crippen LogP contribution in [-0.2, 0) is 4.79 Å². The van der Waals surface area contributed by atoms with Crippen molar-refractivity contribution in [3.05, 3.63) is 30.2 Å². The molecule has 1 amide bonds. The number of fused-ring (bicyclic) bond motifs is 1. The molecule has 1 aromatic carbocycles. The van der Waals surface area contributed by atoms with Crippen molar-refractivity contribution in [3.63, 3.8) is 0 Å². The van der Waals surface area contributed by atoms with Gasteiger partial charge < -0.3 is 15.5 Å². The predicted octanol–water partition coefficient (Wildman–Crippen LogP) is 2.52. The van der Waals surface area contributed by atoms with Gasteiger partial charge in [-0.3, -0.25) is 4.79 Å². The molecule has 0 unspecified atom stereocenters. The van der Waals surface area contributed by atoms with Gasteiger partial charge in [0.05, 0.1) is 12.0 Å². The zero-order valence-corrected chi connectivity index (χ0v) is 12.2. The lowest BCUT2D eigenvalue weighted by molar-refractivity contribution is -0.123. The van der Waals surface area contributed by atoms with E-state index in [9.17, 15) is 4.79 Å². The van der Waals surface area contributed by atoms with Crippen LogP contribution in [0.5, 0.6) is 0 Å². The lowest BCUT2D eigenvalue weighted by Crippen LogP contribution is -2.45. The van der Waals surface area contributed by atoms with Crippen LogP contribution in [0.1, 0.15) is 44.5 Å². The number of oxazole rings is 1. The van der Waals surface area contributed by atoms with Crippen LogP contribution in [0.3, 0.4) is 0 Å². The van der Waals surface area contributed by atoms with Gasteiger partial charge in [-0.25, -0.2) is 4.98 Å². The van der Waals surface area contributed by atoms with Gasteiger partial charge in [-0.05, 0) is 31.9 Å². The van der Waals surface area contributed by atoms with E-state index in [-0.39, 0.29) is 23.9 Å². The summed E-state index contributed by atoms with van der Waals surface area (Å²) in [6.45, 7) is 2.01. The third-order valence-electron chi connectivity index (χ3n) is 4.28. The first-order valence-electron chi connectivity index (χ1n) is 7.56. The number of nitrogens with one attached hydrogen (secondary N) is 1. The summed E-state index contributed by atoms with van der Waals surface area (Å²) < 4.78 is 5.78. The number of para-hydroxylation sites is 2. The predicted molar refractivity (Wildman–Crippen MR) is 80.5 cm³/mol. The van der Waals surface area contributed by atoms with Crippen LogP contribution in [-0.4, -0.2) is 16.9 Å². The number of hydrogen-bond acceptors (Lipinski definition) is 4. The van der Waals surface area contributed by atoms with Crippen LogP contribution in [0.25, 0.3) is 11.1 Å². The van der Waals surface area contributed by atoms with Crippen molar-refractivity contribution >= 4 is 17.0 Å². The molecule has 5 nitrogen and oxygen atoms in total. The number of rotatable bonds is 4. The smallest absolute Gasteiger partial charge is 0.222 e. The van der Waals surface area contributed by atoms with Gasteiger partial charge in [-0.2, -0.15) is 0 Å². The molecule has 0 spiro atoms. The Balaban J connectivity index is 1.75. The molecule has 3 atom stereocenters. The number of amides is 1. The van der Waals surface area contributed by atoms with Crippen molar-refractivity contribution in [3.8, 4) is 0 Å². The Kier molecular flexibility index (Phi) is 3.92. The highest BCUT2D eigenvalue weighted by Crippen LogP contribution is 2.27. The average molecular weight is 287 g/mol. The fourth-order valence-electron chi connectivity index (χ4n) is 3.14. The van der Waals surface area contributed by atoms with E-state index in [1.165, 1.54) is 0 Å². The Labute approximate surface area is 123 Å². The minimum atomic E-state index is -0.211. The summed E-state index contributed by atoms with van der Waals surface area (Å²) in [5.74, 6) is 0.354. The van der Waals surface area contributed by atoms with Crippen LogP contribution >= 0.6 is 0 Å². The Hall–Kier alpha value is -1.88. The van der Waals surface area contributed by atoms with Crippen molar-refractivity contribution in [2.45, 2.75) is 44.7 Å². The van der Waals surface area contributed by atoms with E-state index in [1.54, 1.807) is 0 Å². The van der Waals surface area contributed by atoms with E-state index in [0.717, 1.165) is 36.8 Å². The highest BCUT2D eigenvalue weighted by atomic mass is 16.3. The topological polar surface area (TPSA) is 81.1 Å². The standard InChI is InChI=1S/C16H21N3O2/c1-10(16-19-13-8-4-5-9-14(13)21-16)18-12-7-3-2-6-11(12)15(17)20/h4-5,8-12,18H,2-3,6-7H2,1H3,(H2,17,20)/t10-,11-,12+/m0/s1. The number of carbonyl (C=O) groups is 1. The van der Waals surface area contributed by atoms with E-state index < -0.39 is 0 Å². The van der Waals surface area contributed by atoms with Crippen LogP contribution < -0.4 is 11.1 Å². The second-order valence-electron chi connectivity index (χ2n) is 5.81. The molecule has 2 aromatic rings. The SMILES string of the molecule is C[C@H](N[C@@H]1CCCC[C@@H]1C(N)=O)c1nc2ccccc2o1. The molecule has 3 N–H and O–H groups in total.